The molecule has 2 aromatic rings. The van der Waals surface area contributed by atoms with Crippen molar-refractivity contribution in [1.29, 1.82) is 0 Å². The minimum atomic E-state index is -0.180. The highest BCUT2D eigenvalue weighted by molar-refractivity contribution is 9.10. The fourth-order valence-electron chi connectivity index (χ4n) is 0.900. The molecule has 0 saturated carbocycles. The molecule has 2 aromatic heterocycles. The average molecular weight is 304 g/mol. The molecule has 7 heteroatoms. The van der Waals surface area contributed by atoms with Gasteiger partial charge in [-0.3, -0.25) is 4.79 Å². The van der Waals surface area contributed by atoms with Gasteiger partial charge < -0.3 is 4.98 Å². The van der Waals surface area contributed by atoms with E-state index in [0.29, 0.717) is 9.50 Å². The second kappa shape index (κ2) is 4.46. The number of thiazole rings is 1. The summed E-state index contributed by atoms with van der Waals surface area (Å²) in [7, 11) is 0. The third-order valence-corrected chi connectivity index (χ3v) is 4.60. The number of aromatic nitrogens is 3. The van der Waals surface area contributed by atoms with Crippen molar-refractivity contribution in [2.45, 2.75) is 16.3 Å². The van der Waals surface area contributed by atoms with E-state index in [9.17, 15) is 4.79 Å². The Kier molecular flexibility index (Phi) is 3.22. The number of H-pyrrole nitrogens is 1. The van der Waals surface area contributed by atoms with Gasteiger partial charge >= 0.3 is 0 Å². The Bertz CT molecular complexity index is 537. The van der Waals surface area contributed by atoms with Gasteiger partial charge in [0.2, 0.25) is 0 Å². The van der Waals surface area contributed by atoms with Crippen LogP contribution in [0.2, 0.25) is 0 Å². The van der Waals surface area contributed by atoms with Gasteiger partial charge in [0.25, 0.3) is 5.56 Å². The fraction of sp³-hybridized carbons (Fsp3) is 0.125. The molecular formula is C8H6BrN3OS2. The zero-order chi connectivity index (χ0) is 10.8. The predicted molar refractivity (Wildman–Crippen MR) is 63.5 cm³/mol. The molecule has 0 aliphatic heterocycles. The van der Waals surface area contributed by atoms with Crippen LogP contribution in [0.1, 0.15) is 5.69 Å². The van der Waals surface area contributed by atoms with Gasteiger partial charge in [0, 0.05) is 11.1 Å². The summed E-state index contributed by atoms with van der Waals surface area (Å²) in [6, 6.07) is 0. The molecule has 0 aromatic carbocycles. The van der Waals surface area contributed by atoms with E-state index in [1.807, 2.05) is 12.3 Å². The Morgan fingerprint density at radius 3 is 3.07 bits per heavy atom. The van der Waals surface area contributed by atoms with Crippen LogP contribution in [0, 0.1) is 6.92 Å². The molecule has 0 spiro atoms. The second-order valence-electron chi connectivity index (χ2n) is 2.71. The number of hydrogen-bond acceptors (Lipinski definition) is 5. The third-order valence-electron chi connectivity index (χ3n) is 1.55. The van der Waals surface area contributed by atoms with E-state index in [-0.39, 0.29) is 5.56 Å². The lowest BCUT2D eigenvalue weighted by atomic mass is 10.6. The SMILES string of the molecule is Cc1csc(Sc2nc[nH]c(=O)c2Br)n1. The molecule has 0 amide bonds. The maximum absolute atomic E-state index is 11.3. The van der Waals surface area contributed by atoms with Crippen LogP contribution < -0.4 is 5.56 Å². The Morgan fingerprint density at radius 1 is 1.60 bits per heavy atom. The summed E-state index contributed by atoms with van der Waals surface area (Å²) >= 11 is 6.11. The lowest BCUT2D eigenvalue weighted by Crippen LogP contribution is -2.07. The van der Waals surface area contributed by atoms with Crippen molar-refractivity contribution in [2.75, 3.05) is 0 Å². The topological polar surface area (TPSA) is 58.6 Å². The van der Waals surface area contributed by atoms with E-state index in [4.69, 9.17) is 0 Å². The Hall–Kier alpha value is -0.660. The first-order valence-corrected chi connectivity index (χ1v) is 6.49. The number of hydrogen-bond donors (Lipinski definition) is 1. The summed E-state index contributed by atoms with van der Waals surface area (Å²) in [5.41, 5.74) is 0.796. The molecule has 15 heavy (non-hydrogen) atoms. The smallest absolute Gasteiger partial charge is 0.266 e. The molecule has 0 aliphatic carbocycles. The monoisotopic (exact) mass is 303 g/mol. The molecular weight excluding hydrogens is 298 g/mol. The first-order valence-electron chi connectivity index (χ1n) is 4.00. The van der Waals surface area contributed by atoms with Gasteiger partial charge in [-0.2, -0.15) is 0 Å². The molecule has 0 aliphatic rings. The molecule has 2 heterocycles. The molecule has 1 N–H and O–H groups in total. The zero-order valence-corrected chi connectivity index (χ0v) is 10.9. The van der Waals surface area contributed by atoms with E-state index in [2.05, 4.69) is 30.9 Å². The standard InChI is InChI=1S/C8H6BrN3OS2/c1-4-2-14-8(12-4)15-7-5(9)6(13)10-3-11-7/h2-3H,1H3,(H,10,11,13). The summed E-state index contributed by atoms with van der Waals surface area (Å²) in [5, 5.41) is 2.59. The van der Waals surface area contributed by atoms with Crippen LogP contribution in [-0.4, -0.2) is 15.0 Å². The van der Waals surface area contributed by atoms with Crippen molar-refractivity contribution in [3.8, 4) is 0 Å². The summed E-state index contributed by atoms with van der Waals surface area (Å²) in [6.45, 7) is 1.93. The summed E-state index contributed by atoms with van der Waals surface area (Å²) in [4.78, 5) is 22.1. The van der Waals surface area contributed by atoms with E-state index < -0.39 is 0 Å². The number of aryl methyl sites for hydroxylation is 1. The van der Waals surface area contributed by atoms with E-state index >= 15 is 0 Å². The van der Waals surface area contributed by atoms with Crippen molar-refractivity contribution >= 4 is 39.0 Å². The van der Waals surface area contributed by atoms with Crippen molar-refractivity contribution in [1.82, 2.24) is 15.0 Å². The Labute approximate surface area is 102 Å². The molecule has 0 fully saturated rings. The van der Waals surface area contributed by atoms with Crippen LogP contribution in [-0.2, 0) is 0 Å². The number of rotatable bonds is 2. The molecule has 0 saturated heterocycles. The van der Waals surface area contributed by atoms with Gasteiger partial charge in [0.05, 0.1) is 6.33 Å². The largest absolute Gasteiger partial charge is 0.312 e. The normalized spacial score (nSPS) is 10.5. The first-order chi connectivity index (χ1) is 7.16. The van der Waals surface area contributed by atoms with Gasteiger partial charge in [-0.1, -0.05) is 0 Å². The van der Waals surface area contributed by atoms with Crippen molar-refractivity contribution in [3.05, 3.63) is 32.2 Å². The molecule has 0 bridgehead atoms. The maximum Gasteiger partial charge on any atom is 0.266 e. The van der Waals surface area contributed by atoms with Crippen LogP contribution in [0.5, 0.6) is 0 Å². The minimum Gasteiger partial charge on any atom is -0.312 e. The number of halogens is 1. The Balaban J connectivity index is 2.32. The summed E-state index contributed by atoms with van der Waals surface area (Å²) in [6.07, 6.45) is 1.38. The van der Waals surface area contributed by atoms with Gasteiger partial charge in [0.15, 0.2) is 4.34 Å². The lowest BCUT2D eigenvalue weighted by Gasteiger charge is -1.97. The number of aromatic amines is 1. The molecule has 0 atom stereocenters. The van der Waals surface area contributed by atoms with Crippen molar-refractivity contribution in [2.24, 2.45) is 0 Å². The highest BCUT2D eigenvalue weighted by Gasteiger charge is 2.09. The molecule has 0 unspecified atom stereocenters. The molecule has 4 nitrogen and oxygen atoms in total. The van der Waals surface area contributed by atoms with Crippen molar-refractivity contribution < 1.29 is 0 Å². The quantitative estimate of drug-likeness (QED) is 0.866. The fourth-order valence-corrected chi connectivity index (χ4v) is 3.10. The predicted octanol–water partition coefficient (Wildman–Crippen LogP) is 2.45. The molecule has 78 valence electrons. The van der Waals surface area contributed by atoms with Crippen LogP contribution in [0.3, 0.4) is 0 Å². The maximum atomic E-state index is 11.3. The molecule has 2 rings (SSSR count). The van der Waals surface area contributed by atoms with Crippen LogP contribution >= 0.6 is 39.0 Å². The Morgan fingerprint density at radius 2 is 2.40 bits per heavy atom. The second-order valence-corrected chi connectivity index (χ2v) is 5.59. The van der Waals surface area contributed by atoms with Gasteiger partial charge in [-0.15, -0.1) is 11.3 Å². The van der Waals surface area contributed by atoms with Gasteiger partial charge in [0.1, 0.15) is 9.50 Å². The summed E-state index contributed by atoms with van der Waals surface area (Å²) < 4.78 is 1.33. The highest BCUT2D eigenvalue weighted by atomic mass is 79.9. The van der Waals surface area contributed by atoms with Crippen LogP contribution in [0.15, 0.2) is 30.3 Å². The first kappa shape index (κ1) is 10.8. The van der Waals surface area contributed by atoms with Crippen LogP contribution in [0.4, 0.5) is 0 Å². The lowest BCUT2D eigenvalue weighted by molar-refractivity contribution is 0.988. The zero-order valence-electron chi connectivity index (χ0n) is 7.65. The third kappa shape index (κ3) is 2.47. The van der Waals surface area contributed by atoms with Gasteiger partial charge in [-0.25, -0.2) is 9.97 Å². The highest BCUT2D eigenvalue weighted by Crippen LogP contribution is 2.31. The van der Waals surface area contributed by atoms with E-state index in [1.54, 1.807) is 0 Å². The number of nitrogens with one attached hydrogen (secondary N) is 1. The van der Waals surface area contributed by atoms with Crippen LogP contribution in [0.25, 0.3) is 0 Å². The number of nitrogens with zero attached hydrogens (tertiary/aromatic N) is 2. The van der Waals surface area contributed by atoms with Gasteiger partial charge in [-0.05, 0) is 34.6 Å². The average Bonchev–Trinajstić information content (AvgIpc) is 2.59. The van der Waals surface area contributed by atoms with Crippen molar-refractivity contribution in [3.63, 3.8) is 0 Å². The minimum absolute atomic E-state index is 0.180. The van der Waals surface area contributed by atoms with E-state index in [0.717, 1.165) is 10.0 Å². The van der Waals surface area contributed by atoms with E-state index in [1.165, 1.54) is 29.4 Å². The molecule has 0 radical (unpaired) electrons. The summed E-state index contributed by atoms with van der Waals surface area (Å²) in [5.74, 6) is 0.